The Kier molecular flexibility index (Phi) is 2.00. The largest absolute Gasteiger partial charge is 0.248 e. The van der Waals surface area contributed by atoms with E-state index >= 15 is 0 Å². The fraction of sp³-hybridized carbons (Fsp3) is 0. The van der Waals surface area contributed by atoms with Crippen LogP contribution in [0.5, 0.6) is 0 Å². The maximum absolute atomic E-state index is 4.62. The Bertz CT molecular complexity index is 584. The van der Waals surface area contributed by atoms with Gasteiger partial charge in [-0.15, -0.1) is 0 Å². The fourth-order valence-corrected chi connectivity index (χ4v) is 2.29. The van der Waals surface area contributed by atoms with Gasteiger partial charge < -0.3 is 0 Å². The van der Waals surface area contributed by atoms with E-state index in [1.165, 1.54) is 10.9 Å². The monoisotopic (exact) mass is 211 g/mol. The summed E-state index contributed by atoms with van der Waals surface area (Å²) in [5, 5.41) is 5.39. The van der Waals surface area contributed by atoms with Gasteiger partial charge in [-0.1, -0.05) is 24.3 Å². The lowest BCUT2D eigenvalue weighted by molar-refractivity contribution is 1.41. The Hall–Kier alpha value is -1.67. The summed E-state index contributed by atoms with van der Waals surface area (Å²) < 4.78 is 0. The molecule has 0 amide bonds. The second-order valence-corrected chi connectivity index (χ2v) is 4.18. The fourth-order valence-electron chi connectivity index (χ4n) is 1.64. The summed E-state index contributed by atoms with van der Waals surface area (Å²) in [5.74, 6) is 0. The smallest absolute Gasteiger partial charge is 0.0718 e. The average molecular weight is 211 g/mol. The third-order valence-corrected chi connectivity index (χ3v) is 3.10. The number of rotatable bonds is 1. The van der Waals surface area contributed by atoms with Crippen molar-refractivity contribution in [2.75, 3.05) is 0 Å². The quantitative estimate of drug-likeness (QED) is 0.593. The zero-order chi connectivity index (χ0) is 10.1. The molecule has 1 aromatic carbocycles. The molecule has 3 aromatic rings. The maximum Gasteiger partial charge on any atom is 0.0718 e. The van der Waals surface area contributed by atoms with E-state index in [-0.39, 0.29) is 0 Å². The molecule has 0 atom stereocenters. The van der Waals surface area contributed by atoms with E-state index in [0.717, 1.165) is 11.2 Å². The number of pyridine rings is 1. The average Bonchev–Trinajstić information content (AvgIpc) is 2.82. The lowest BCUT2D eigenvalue weighted by Crippen LogP contribution is -1.82. The summed E-state index contributed by atoms with van der Waals surface area (Å²) in [6.45, 7) is 0. The molecule has 0 bridgehead atoms. The molecular formula is C13H9NS. The highest BCUT2D eigenvalue weighted by molar-refractivity contribution is 7.08. The Labute approximate surface area is 92.0 Å². The van der Waals surface area contributed by atoms with Gasteiger partial charge >= 0.3 is 0 Å². The molecule has 3 rings (SSSR count). The minimum absolute atomic E-state index is 1.05. The van der Waals surface area contributed by atoms with Crippen LogP contribution in [-0.2, 0) is 0 Å². The topological polar surface area (TPSA) is 12.9 Å². The van der Waals surface area contributed by atoms with Gasteiger partial charge in [-0.25, -0.2) is 4.98 Å². The van der Waals surface area contributed by atoms with Gasteiger partial charge in [0.05, 0.1) is 11.2 Å². The van der Waals surface area contributed by atoms with Crippen LogP contribution < -0.4 is 0 Å². The van der Waals surface area contributed by atoms with Crippen LogP contribution in [0.2, 0.25) is 0 Å². The van der Waals surface area contributed by atoms with E-state index in [1.54, 1.807) is 11.3 Å². The van der Waals surface area contributed by atoms with Crippen molar-refractivity contribution < 1.29 is 0 Å². The third kappa shape index (κ3) is 1.53. The summed E-state index contributed by atoms with van der Waals surface area (Å²) in [5.41, 5.74) is 3.31. The van der Waals surface area contributed by atoms with Crippen LogP contribution in [0.4, 0.5) is 0 Å². The SMILES string of the molecule is c1ccc2nc(-c3ccsc3)ccc2c1. The van der Waals surface area contributed by atoms with Crippen molar-refractivity contribution in [1.29, 1.82) is 0 Å². The van der Waals surface area contributed by atoms with Crippen LogP contribution in [0.25, 0.3) is 22.2 Å². The van der Waals surface area contributed by atoms with Gasteiger partial charge in [0.2, 0.25) is 0 Å². The van der Waals surface area contributed by atoms with Crippen LogP contribution in [0.1, 0.15) is 0 Å². The molecule has 2 aromatic heterocycles. The van der Waals surface area contributed by atoms with E-state index in [0.29, 0.717) is 0 Å². The van der Waals surface area contributed by atoms with E-state index in [2.05, 4.69) is 40.0 Å². The van der Waals surface area contributed by atoms with Crippen LogP contribution in [0.15, 0.2) is 53.2 Å². The molecule has 15 heavy (non-hydrogen) atoms. The van der Waals surface area contributed by atoms with Gasteiger partial charge in [0.25, 0.3) is 0 Å². The second kappa shape index (κ2) is 3.48. The van der Waals surface area contributed by atoms with Crippen LogP contribution in [0, 0.1) is 0 Å². The summed E-state index contributed by atoms with van der Waals surface area (Å²) in [4.78, 5) is 4.62. The normalized spacial score (nSPS) is 10.7. The van der Waals surface area contributed by atoms with Crippen molar-refractivity contribution >= 4 is 22.2 Å². The summed E-state index contributed by atoms with van der Waals surface area (Å²) >= 11 is 1.70. The van der Waals surface area contributed by atoms with E-state index in [9.17, 15) is 0 Å². The minimum atomic E-state index is 1.05. The lowest BCUT2D eigenvalue weighted by atomic mass is 10.1. The third-order valence-electron chi connectivity index (χ3n) is 2.42. The van der Waals surface area contributed by atoms with Gasteiger partial charge in [-0.05, 0) is 23.6 Å². The Morgan fingerprint density at radius 3 is 2.73 bits per heavy atom. The molecule has 1 nitrogen and oxygen atoms in total. The van der Waals surface area contributed by atoms with Gasteiger partial charge in [0.15, 0.2) is 0 Å². The number of fused-ring (bicyclic) bond motifs is 1. The molecule has 2 heterocycles. The Morgan fingerprint density at radius 1 is 0.933 bits per heavy atom. The van der Waals surface area contributed by atoms with Crippen molar-refractivity contribution in [2.24, 2.45) is 0 Å². The number of aromatic nitrogens is 1. The van der Waals surface area contributed by atoms with Crippen LogP contribution in [-0.4, -0.2) is 4.98 Å². The zero-order valence-corrected chi connectivity index (χ0v) is 8.87. The van der Waals surface area contributed by atoms with Gasteiger partial charge in [-0.3, -0.25) is 0 Å². The molecule has 0 aliphatic heterocycles. The minimum Gasteiger partial charge on any atom is -0.248 e. The Balaban J connectivity index is 2.22. The predicted octanol–water partition coefficient (Wildman–Crippen LogP) is 3.96. The molecule has 0 saturated carbocycles. The summed E-state index contributed by atoms with van der Waals surface area (Å²) in [7, 11) is 0. The molecule has 2 heteroatoms. The van der Waals surface area contributed by atoms with E-state index < -0.39 is 0 Å². The van der Waals surface area contributed by atoms with Gasteiger partial charge in [-0.2, -0.15) is 11.3 Å². The lowest BCUT2D eigenvalue weighted by Gasteiger charge is -2.00. The highest BCUT2D eigenvalue weighted by atomic mass is 32.1. The van der Waals surface area contributed by atoms with Crippen LogP contribution in [0.3, 0.4) is 0 Å². The van der Waals surface area contributed by atoms with Crippen molar-refractivity contribution in [1.82, 2.24) is 4.98 Å². The van der Waals surface area contributed by atoms with E-state index in [1.807, 2.05) is 18.2 Å². The number of hydrogen-bond donors (Lipinski definition) is 0. The first-order valence-corrected chi connectivity index (χ1v) is 5.76. The number of benzene rings is 1. The molecule has 0 unspecified atom stereocenters. The second-order valence-electron chi connectivity index (χ2n) is 3.40. The Morgan fingerprint density at radius 2 is 1.87 bits per heavy atom. The number of nitrogens with zero attached hydrogens (tertiary/aromatic N) is 1. The molecule has 0 aliphatic carbocycles. The zero-order valence-electron chi connectivity index (χ0n) is 8.05. The predicted molar refractivity (Wildman–Crippen MR) is 65.1 cm³/mol. The van der Waals surface area contributed by atoms with Crippen molar-refractivity contribution in [3.8, 4) is 11.3 Å². The first-order chi connectivity index (χ1) is 7.43. The van der Waals surface area contributed by atoms with E-state index in [4.69, 9.17) is 0 Å². The first-order valence-electron chi connectivity index (χ1n) is 4.82. The standard InChI is InChI=1S/C13H9NS/c1-2-4-12-10(3-1)5-6-13(14-12)11-7-8-15-9-11/h1-9H. The molecule has 0 aliphatic rings. The highest BCUT2D eigenvalue weighted by Gasteiger charge is 2.00. The van der Waals surface area contributed by atoms with Crippen molar-refractivity contribution in [3.05, 3.63) is 53.2 Å². The van der Waals surface area contributed by atoms with Crippen molar-refractivity contribution in [2.45, 2.75) is 0 Å². The summed E-state index contributed by atoms with van der Waals surface area (Å²) in [6, 6.07) is 14.5. The molecule has 0 N–H and O–H groups in total. The molecule has 72 valence electrons. The van der Waals surface area contributed by atoms with Gasteiger partial charge in [0.1, 0.15) is 0 Å². The highest BCUT2D eigenvalue weighted by Crippen LogP contribution is 2.22. The van der Waals surface area contributed by atoms with Crippen LogP contribution >= 0.6 is 11.3 Å². The number of para-hydroxylation sites is 1. The number of thiophene rings is 1. The van der Waals surface area contributed by atoms with Gasteiger partial charge in [0, 0.05) is 16.3 Å². The van der Waals surface area contributed by atoms with Crippen molar-refractivity contribution in [3.63, 3.8) is 0 Å². The number of hydrogen-bond acceptors (Lipinski definition) is 2. The summed E-state index contributed by atoms with van der Waals surface area (Å²) in [6.07, 6.45) is 0. The maximum atomic E-state index is 4.62. The molecular weight excluding hydrogens is 202 g/mol. The molecule has 0 radical (unpaired) electrons. The molecule has 0 fully saturated rings. The molecule has 0 spiro atoms. The molecule has 0 saturated heterocycles. The first kappa shape index (κ1) is 8.62.